The van der Waals surface area contributed by atoms with E-state index in [1.165, 1.54) is 12.3 Å². The molecule has 0 aliphatic rings. The summed E-state index contributed by atoms with van der Waals surface area (Å²) < 4.78 is 18.1. The number of aromatic nitrogens is 1. The normalized spacial score (nSPS) is 10.7. The summed E-state index contributed by atoms with van der Waals surface area (Å²) in [6.45, 7) is 1.90. The Kier molecular flexibility index (Phi) is 3.68. The number of pyridine rings is 1. The van der Waals surface area contributed by atoms with Crippen LogP contribution in [-0.2, 0) is 4.74 Å². The summed E-state index contributed by atoms with van der Waals surface area (Å²) in [6, 6.07) is 2.32. The van der Waals surface area contributed by atoms with Gasteiger partial charge in [0.15, 0.2) is 0 Å². The van der Waals surface area contributed by atoms with Gasteiger partial charge in [-0.3, -0.25) is 4.98 Å². The number of ether oxygens (including phenoxy) is 1. The molecule has 94 valence electrons. The van der Waals surface area contributed by atoms with Crippen LogP contribution in [0.25, 0.3) is 10.9 Å². The van der Waals surface area contributed by atoms with Gasteiger partial charge in [0.1, 0.15) is 5.82 Å². The van der Waals surface area contributed by atoms with Crippen LogP contribution in [0.15, 0.2) is 18.3 Å². The highest BCUT2D eigenvalue weighted by molar-refractivity contribution is 6.40. The molecule has 1 aromatic carbocycles. The third kappa shape index (κ3) is 2.26. The first-order chi connectivity index (χ1) is 8.54. The van der Waals surface area contributed by atoms with E-state index in [4.69, 9.17) is 27.9 Å². The van der Waals surface area contributed by atoms with Crippen molar-refractivity contribution in [3.05, 3.63) is 39.8 Å². The number of nitrogens with zero attached hydrogens (tertiary/aromatic N) is 1. The molecule has 2 aromatic rings. The Morgan fingerprint density at radius 3 is 2.83 bits per heavy atom. The molecule has 0 N–H and O–H groups in total. The van der Waals surface area contributed by atoms with Gasteiger partial charge in [-0.15, -0.1) is 0 Å². The molecule has 0 aliphatic carbocycles. The summed E-state index contributed by atoms with van der Waals surface area (Å²) in [5.74, 6) is -1.14. The van der Waals surface area contributed by atoms with E-state index in [1.807, 2.05) is 0 Å². The van der Waals surface area contributed by atoms with Crippen LogP contribution < -0.4 is 0 Å². The smallest absolute Gasteiger partial charge is 0.341 e. The lowest BCUT2D eigenvalue weighted by atomic mass is 10.1. The molecule has 3 nitrogen and oxygen atoms in total. The number of benzene rings is 1. The zero-order chi connectivity index (χ0) is 13.3. The Balaban J connectivity index is 2.67. The molecule has 0 fully saturated rings. The molecule has 2 rings (SSSR count). The van der Waals surface area contributed by atoms with Crippen LogP contribution in [-0.4, -0.2) is 17.6 Å². The summed E-state index contributed by atoms with van der Waals surface area (Å²) in [5, 5.41) is 0.509. The highest BCUT2D eigenvalue weighted by Crippen LogP contribution is 2.31. The fourth-order valence-electron chi connectivity index (χ4n) is 1.55. The second-order valence-corrected chi connectivity index (χ2v) is 4.28. The van der Waals surface area contributed by atoms with Crippen molar-refractivity contribution in [1.29, 1.82) is 0 Å². The largest absolute Gasteiger partial charge is 0.462 e. The minimum absolute atomic E-state index is 0.0832. The van der Waals surface area contributed by atoms with Crippen LogP contribution in [0, 0.1) is 5.82 Å². The van der Waals surface area contributed by atoms with E-state index < -0.39 is 11.8 Å². The van der Waals surface area contributed by atoms with Gasteiger partial charge in [-0.25, -0.2) is 9.18 Å². The lowest BCUT2D eigenvalue weighted by molar-refractivity contribution is 0.0526. The third-order valence-electron chi connectivity index (χ3n) is 2.32. The molecule has 0 bridgehead atoms. The average molecular weight is 288 g/mol. The Morgan fingerprint density at radius 2 is 2.17 bits per heavy atom. The SMILES string of the molecule is CCOC(=O)c1cnc2c(Cl)cc(F)cc2c1Cl. The molecule has 18 heavy (non-hydrogen) atoms. The zero-order valence-corrected chi connectivity index (χ0v) is 10.8. The molecule has 0 saturated carbocycles. The predicted octanol–water partition coefficient (Wildman–Crippen LogP) is 3.86. The maximum atomic E-state index is 13.3. The number of fused-ring (bicyclic) bond motifs is 1. The van der Waals surface area contributed by atoms with E-state index in [1.54, 1.807) is 6.92 Å². The van der Waals surface area contributed by atoms with Gasteiger partial charge in [-0.1, -0.05) is 23.2 Å². The van der Waals surface area contributed by atoms with Gasteiger partial charge in [-0.05, 0) is 19.1 Å². The Bertz CT molecular complexity index is 631. The highest BCUT2D eigenvalue weighted by atomic mass is 35.5. The molecular formula is C12H8Cl2FNO2. The third-order valence-corrected chi connectivity index (χ3v) is 3.01. The molecule has 0 radical (unpaired) electrons. The summed E-state index contributed by atoms with van der Waals surface area (Å²) in [6.07, 6.45) is 1.27. The van der Waals surface area contributed by atoms with Crippen LogP contribution in [0.3, 0.4) is 0 Å². The van der Waals surface area contributed by atoms with Crippen molar-refractivity contribution in [3.63, 3.8) is 0 Å². The van der Waals surface area contributed by atoms with Crippen molar-refractivity contribution in [3.8, 4) is 0 Å². The van der Waals surface area contributed by atoms with Gasteiger partial charge in [0.2, 0.25) is 0 Å². The fourth-order valence-corrected chi connectivity index (χ4v) is 2.07. The van der Waals surface area contributed by atoms with E-state index in [-0.39, 0.29) is 27.6 Å². The molecule has 0 saturated heterocycles. The van der Waals surface area contributed by atoms with Gasteiger partial charge in [0.05, 0.1) is 27.7 Å². The van der Waals surface area contributed by atoms with Crippen molar-refractivity contribution in [2.45, 2.75) is 6.92 Å². The molecule has 0 amide bonds. The highest BCUT2D eigenvalue weighted by Gasteiger charge is 2.16. The molecule has 6 heteroatoms. The monoisotopic (exact) mass is 287 g/mol. The lowest BCUT2D eigenvalue weighted by Crippen LogP contribution is -2.06. The van der Waals surface area contributed by atoms with Gasteiger partial charge in [0.25, 0.3) is 0 Å². The predicted molar refractivity (Wildman–Crippen MR) is 67.7 cm³/mol. The van der Waals surface area contributed by atoms with Crippen molar-refractivity contribution >= 4 is 40.1 Å². The number of rotatable bonds is 2. The second kappa shape index (κ2) is 5.08. The number of esters is 1. The molecular weight excluding hydrogens is 280 g/mol. The van der Waals surface area contributed by atoms with E-state index in [2.05, 4.69) is 4.98 Å². The van der Waals surface area contributed by atoms with E-state index in [0.29, 0.717) is 5.52 Å². The quantitative estimate of drug-likeness (QED) is 0.788. The Labute approximate surface area is 112 Å². The number of hydrogen-bond acceptors (Lipinski definition) is 3. The van der Waals surface area contributed by atoms with E-state index in [9.17, 15) is 9.18 Å². The average Bonchev–Trinajstić information content (AvgIpc) is 2.30. The van der Waals surface area contributed by atoms with Gasteiger partial charge >= 0.3 is 5.97 Å². The number of carbonyl (C=O) groups is 1. The fraction of sp³-hybridized carbons (Fsp3) is 0.167. The first kappa shape index (κ1) is 13.1. The number of hydrogen-bond donors (Lipinski definition) is 0. The molecule has 0 spiro atoms. The zero-order valence-electron chi connectivity index (χ0n) is 9.34. The molecule has 1 heterocycles. The minimum Gasteiger partial charge on any atom is -0.462 e. The number of halogens is 3. The van der Waals surface area contributed by atoms with Crippen molar-refractivity contribution in [2.24, 2.45) is 0 Å². The van der Waals surface area contributed by atoms with Crippen LogP contribution >= 0.6 is 23.2 Å². The Hall–Kier alpha value is -1.39. The van der Waals surface area contributed by atoms with E-state index in [0.717, 1.165) is 6.07 Å². The first-order valence-corrected chi connectivity index (χ1v) is 5.90. The summed E-state index contributed by atoms with van der Waals surface area (Å²) in [5.41, 5.74) is 0.434. The van der Waals surface area contributed by atoms with Gasteiger partial charge in [0, 0.05) is 11.6 Å². The minimum atomic E-state index is -0.600. The number of carbonyl (C=O) groups excluding carboxylic acids is 1. The van der Waals surface area contributed by atoms with E-state index >= 15 is 0 Å². The van der Waals surface area contributed by atoms with Crippen LogP contribution in [0.2, 0.25) is 10.0 Å². The summed E-state index contributed by atoms with van der Waals surface area (Å²) in [4.78, 5) is 15.6. The van der Waals surface area contributed by atoms with Crippen molar-refractivity contribution in [2.75, 3.05) is 6.61 Å². The standard InChI is InChI=1S/C12H8Cl2FNO2/c1-2-18-12(17)8-5-16-11-7(10(8)14)3-6(15)4-9(11)13/h3-5H,2H2,1H3. The Morgan fingerprint density at radius 1 is 1.44 bits per heavy atom. The maximum absolute atomic E-state index is 13.3. The molecule has 0 unspecified atom stereocenters. The molecule has 0 atom stereocenters. The van der Waals surface area contributed by atoms with Gasteiger partial charge < -0.3 is 4.74 Å². The topological polar surface area (TPSA) is 39.2 Å². The maximum Gasteiger partial charge on any atom is 0.341 e. The first-order valence-electron chi connectivity index (χ1n) is 5.15. The molecule has 1 aromatic heterocycles. The second-order valence-electron chi connectivity index (χ2n) is 3.49. The van der Waals surface area contributed by atoms with Crippen LogP contribution in [0.4, 0.5) is 4.39 Å². The van der Waals surface area contributed by atoms with Gasteiger partial charge in [-0.2, -0.15) is 0 Å². The van der Waals surface area contributed by atoms with Crippen molar-refractivity contribution < 1.29 is 13.9 Å². The summed E-state index contributed by atoms with van der Waals surface area (Å²) >= 11 is 11.9. The molecule has 0 aliphatic heterocycles. The van der Waals surface area contributed by atoms with Crippen LogP contribution in [0.1, 0.15) is 17.3 Å². The van der Waals surface area contributed by atoms with Crippen molar-refractivity contribution in [1.82, 2.24) is 4.98 Å². The lowest BCUT2D eigenvalue weighted by Gasteiger charge is -2.07. The summed E-state index contributed by atoms with van der Waals surface area (Å²) in [7, 11) is 0. The van der Waals surface area contributed by atoms with Crippen LogP contribution in [0.5, 0.6) is 0 Å².